The maximum Gasteiger partial charge on any atom is 0.0340 e. The van der Waals surface area contributed by atoms with E-state index >= 15 is 0 Å². The number of nitrogens with zero attached hydrogens (tertiary/aromatic N) is 1. The van der Waals surface area contributed by atoms with E-state index in [1.165, 1.54) is 35.3 Å². The van der Waals surface area contributed by atoms with Crippen molar-refractivity contribution in [3.63, 3.8) is 0 Å². The highest BCUT2D eigenvalue weighted by atomic mass is 15.1. The van der Waals surface area contributed by atoms with E-state index < -0.39 is 0 Å². The molecule has 1 N–H and O–H groups in total. The van der Waals surface area contributed by atoms with E-state index in [0.29, 0.717) is 0 Å². The molecule has 2 aromatic rings. The lowest BCUT2D eigenvalue weighted by molar-refractivity contribution is 0.264. The molecule has 0 aromatic heterocycles. The van der Waals surface area contributed by atoms with E-state index in [-0.39, 0.29) is 0 Å². The van der Waals surface area contributed by atoms with Crippen molar-refractivity contribution in [1.29, 1.82) is 0 Å². The van der Waals surface area contributed by atoms with Gasteiger partial charge in [0, 0.05) is 31.9 Å². The summed E-state index contributed by atoms with van der Waals surface area (Å²) >= 11 is 0. The lowest BCUT2D eigenvalue weighted by atomic mass is 10.00. The van der Waals surface area contributed by atoms with Crippen molar-refractivity contribution in [3.05, 3.63) is 65.2 Å². The number of nitrogens with one attached hydrogen (secondary N) is 1. The van der Waals surface area contributed by atoms with Gasteiger partial charge in [0.25, 0.3) is 0 Å². The molecule has 2 nitrogen and oxygen atoms in total. The van der Waals surface area contributed by atoms with Gasteiger partial charge in [0.2, 0.25) is 0 Å². The Morgan fingerprint density at radius 2 is 1.75 bits per heavy atom. The highest BCUT2D eigenvalue weighted by molar-refractivity contribution is 5.44. The summed E-state index contributed by atoms with van der Waals surface area (Å²) in [5.41, 5.74) is 5.54. The molecule has 0 atom stereocenters. The molecule has 104 valence electrons. The smallest absolute Gasteiger partial charge is 0.0340 e. The van der Waals surface area contributed by atoms with E-state index in [1.807, 2.05) is 0 Å². The quantitative estimate of drug-likeness (QED) is 0.911. The monoisotopic (exact) mass is 266 g/mol. The number of fused-ring (bicyclic) bond motifs is 1. The Balaban J connectivity index is 1.49. The van der Waals surface area contributed by atoms with Gasteiger partial charge >= 0.3 is 0 Å². The normalized spacial score (nSPS) is 14.8. The fourth-order valence-electron chi connectivity index (χ4n) is 2.77. The second-order valence-electron chi connectivity index (χ2n) is 5.59. The first kappa shape index (κ1) is 13.2. The Bertz CT molecular complexity index is 560. The molecule has 2 aromatic carbocycles. The van der Waals surface area contributed by atoms with Gasteiger partial charge in [-0.1, -0.05) is 42.0 Å². The summed E-state index contributed by atoms with van der Waals surface area (Å²) in [6.45, 7) is 6.49. The van der Waals surface area contributed by atoms with Crippen LogP contribution in [0.2, 0.25) is 0 Å². The minimum atomic E-state index is 1.01. The van der Waals surface area contributed by atoms with Crippen molar-refractivity contribution in [2.75, 3.05) is 25.0 Å². The van der Waals surface area contributed by atoms with Crippen molar-refractivity contribution >= 4 is 5.69 Å². The molecule has 2 heteroatoms. The van der Waals surface area contributed by atoms with Crippen LogP contribution in [0.4, 0.5) is 5.69 Å². The molecule has 0 amide bonds. The van der Waals surface area contributed by atoms with Gasteiger partial charge in [-0.25, -0.2) is 0 Å². The van der Waals surface area contributed by atoms with Crippen LogP contribution in [-0.2, 0) is 13.0 Å². The van der Waals surface area contributed by atoms with Crippen molar-refractivity contribution in [3.8, 4) is 0 Å². The first-order valence-corrected chi connectivity index (χ1v) is 7.41. The molecule has 0 aliphatic carbocycles. The van der Waals surface area contributed by atoms with Crippen LogP contribution in [0.15, 0.2) is 48.5 Å². The number of hydrogen-bond donors (Lipinski definition) is 1. The lowest BCUT2D eigenvalue weighted by Gasteiger charge is -2.28. The number of hydrogen-bond acceptors (Lipinski definition) is 2. The first-order valence-electron chi connectivity index (χ1n) is 7.41. The molecule has 3 rings (SSSR count). The third-order valence-corrected chi connectivity index (χ3v) is 4.02. The molecule has 0 fully saturated rings. The van der Waals surface area contributed by atoms with Crippen molar-refractivity contribution in [1.82, 2.24) is 4.90 Å². The molecule has 1 aliphatic rings. The zero-order chi connectivity index (χ0) is 13.8. The molecule has 0 unspecified atom stereocenters. The van der Waals surface area contributed by atoms with Gasteiger partial charge in [0.05, 0.1) is 0 Å². The second kappa shape index (κ2) is 6.10. The Morgan fingerprint density at radius 1 is 1.00 bits per heavy atom. The minimum absolute atomic E-state index is 1.01. The Morgan fingerprint density at radius 3 is 2.55 bits per heavy atom. The van der Waals surface area contributed by atoms with E-state index in [9.17, 15) is 0 Å². The largest absolute Gasteiger partial charge is 0.384 e. The molecular formula is C18H22N2. The highest BCUT2D eigenvalue weighted by Crippen LogP contribution is 2.18. The van der Waals surface area contributed by atoms with Crippen LogP contribution in [0.5, 0.6) is 0 Å². The van der Waals surface area contributed by atoms with Gasteiger partial charge in [-0.3, -0.25) is 4.90 Å². The molecule has 0 saturated heterocycles. The summed E-state index contributed by atoms with van der Waals surface area (Å²) in [5.74, 6) is 0. The first-order chi connectivity index (χ1) is 9.81. The Labute approximate surface area is 121 Å². The summed E-state index contributed by atoms with van der Waals surface area (Å²) in [6.07, 6.45) is 1.18. The fraction of sp³-hybridized carbons (Fsp3) is 0.333. The van der Waals surface area contributed by atoms with Crippen LogP contribution >= 0.6 is 0 Å². The molecular weight excluding hydrogens is 244 g/mol. The predicted molar refractivity (Wildman–Crippen MR) is 85.1 cm³/mol. The van der Waals surface area contributed by atoms with E-state index in [1.54, 1.807) is 0 Å². The molecule has 0 saturated carbocycles. The van der Waals surface area contributed by atoms with Crippen molar-refractivity contribution < 1.29 is 0 Å². The van der Waals surface area contributed by atoms with Crippen LogP contribution in [0, 0.1) is 6.92 Å². The van der Waals surface area contributed by atoms with Gasteiger partial charge in [-0.15, -0.1) is 0 Å². The molecule has 0 spiro atoms. The van der Waals surface area contributed by atoms with E-state index in [0.717, 1.165) is 19.6 Å². The number of aryl methyl sites for hydroxylation is 1. The summed E-state index contributed by atoms with van der Waals surface area (Å²) in [6, 6.07) is 17.4. The van der Waals surface area contributed by atoms with Crippen LogP contribution in [0.1, 0.15) is 16.7 Å². The summed E-state index contributed by atoms with van der Waals surface area (Å²) < 4.78 is 0. The maximum atomic E-state index is 3.50. The SMILES string of the molecule is Cc1ccc(NCCN2CCc3ccccc3C2)cc1. The molecule has 0 radical (unpaired) electrons. The van der Waals surface area contributed by atoms with E-state index in [4.69, 9.17) is 0 Å². The van der Waals surface area contributed by atoms with Gasteiger partial charge < -0.3 is 5.32 Å². The van der Waals surface area contributed by atoms with Gasteiger partial charge in [-0.2, -0.15) is 0 Å². The van der Waals surface area contributed by atoms with E-state index in [2.05, 4.69) is 65.7 Å². The number of anilines is 1. The van der Waals surface area contributed by atoms with Crippen LogP contribution in [0.3, 0.4) is 0 Å². The highest BCUT2D eigenvalue weighted by Gasteiger charge is 2.14. The van der Waals surface area contributed by atoms with Crippen LogP contribution < -0.4 is 5.32 Å². The van der Waals surface area contributed by atoms with Gasteiger partial charge in [0.15, 0.2) is 0 Å². The van der Waals surface area contributed by atoms with Crippen molar-refractivity contribution in [2.24, 2.45) is 0 Å². The fourth-order valence-corrected chi connectivity index (χ4v) is 2.77. The average Bonchev–Trinajstić information content (AvgIpc) is 2.49. The third kappa shape index (κ3) is 3.20. The summed E-state index contributed by atoms with van der Waals surface area (Å²) in [5, 5.41) is 3.50. The third-order valence-electron chi connectivity index (χ3n) is 4.02. The summed E-state index contributed by atoms with van der Waals surface area (Å²) in [4.78, 5) is 2.53. The van der Waals surface area contributed by atoms with Gasteiger partial charge in [0.1, 0.15) is 0 Å². The molecule has 20 heavy (non-hydrogen) atoms. The number of rotatable bonds is 4. The summed E-state index contributed by atoms with van der Waals surface area (Å²) in [7, 11) is 0. The maximum absolute atomic E-state index is 3.50. The Hall–Kier alpha value is -1.80. The second-order valence-corrected chi connectivity index (χ2v) is 5.59. The van der Waals surface area contributed by atoms with Gasteiger partial charge in [-0.05, 0) is 36.6 Å². The predicted octanol–water partition coefficient (Wildman–Crippen LogP) is 3.47. The molecule has 1 heterocycles. The zero-order valence-corrected chi connectivity index (χ0v) is 12.1. The topological polar surface area (TPSA) is 15.3 Å². The Kier molecular flexibility index (Phi) is 4.03. The van der Waals surface area contributed by atoms with Crippen LogP contribution in [0.25, 0.3) is 0 Å². The standard InChI is InChI=1S/C18H22N2/c1-15-6-8-18(9-7-15)19-11-13-20-12-10-16-4-2-3-5-17(16)14-20/h2-9,19H,10-14H2,1H3. The lowest BCUT2D eigenvalue weighted by Crippen LogP contribution is -2.34. The van der Waals surface area contributed by atoms with Crippen molar-refractivity contribution in [2.45, 2.75) is 19.9 Å². The minimum Gasteiger partial charge on any atom is -0.384 e. The zero-order valence-electron chi connectivity index (χ0n) is 12.1. The average molecular weight is 266 g/mol. The van der Waals surface area contributed by atoms with Crippen LogP contribution in [-0.4, -0.2) is 24.5 Å². The molecule has 1 aliphatic heterocycles. The number of benzene rings is 2. The molecule has 0 bridgehead atoms.